The molecule has 0 bridgehead atoms. The van der Waals surface area contributed by atoms with Crippen molar-refractivity contribution in [1.82, 2.24) is 5.32 Å². The number of quaternary nitrogens is 1. The molecule has 0 aromatic heterocycles. The van der Waals surface area contributed by atoms with E-state index in [9.17, 15) is 14.0 Å². The molecule has 1 unspecified atom stereocenters. The molecule has 0 rings (SSSR count). The Kier molecular flexibility index (Phi) is 7.59. The average molecular weight is 309 g/mol. The zero-order valence-electron chi connectivity index (χ0n) is 13.3. The number of rotatable bonds is 7. The van der Waals surface area contributed by atoms with E-state index in [1.54, 1.807) is 34.9 Å². The summed E-state index contributed by atoms with van der Waals surface area (Å²) in [5.41, 5.74) is -0.712. The number of esters is 1. The molecule has 2 N–H and O–H groups in total. The zero-order valence-corrected chi connectivity index (χ0v) is 13.3. The van der Waals surface area contributed by atoms with Crippen molar-refractivity contribution in [2.75, 3.05) is 40.7 Å². The first-order valence-electron chi connectivity index (χ1n) is 6.66. The van der Waals surface area contributed by atoms with Gasteiger partial charge in [0, 0.05) is 0 Å². The summed E-state index contributed by atoms with van der Waals surface area (Å²) in [5, 5.41) is 11.3. The molecular weight excluding hydrogens is 283 g/mol. The molecule has 0 fully saturated rings. The summed E-state index contributed by atoms with van der Waals surface area (Å²) in [6, 6.07) is -1.21. The minimum absolute atomic E-state index is 0.0117. The van der Waals surface area contributed by atoms with Crippen LogP contribution in [-0.4, -0.2) is 73.9 Å². The molecule has 0 saturated heterocycles. The molecule has 0 aliphatic heterocycles. The third-order valence-electron chi connectivity index (χ3n) is 2.42. The highest BCUT2D eigenvalue weighted by atomic mass is 19.1. The van der Waals surface area contributed by atoms with Crippen LogP contribution in [0.25, 0.3) is 0 Å². The Morgan fingerprint density at radius 2 is 1.90 bits per heavy atom. The lowest BCUT2D eigenvalue weighted by Gasteiger charge is -2.26. The predicted octanol–water partition coefficient (Wildman–Crippen LogP) is 0.419. The van der Waals surface area contributed by atoms with Crippen LogP contribution in [0.3, 0.4) is 0 Å². The minimum atomic E-state index is -1.21. The molecule has 0 spiro atoms. The van der Waals surface area contributed by atoms with Gasteiger partial charge >= 0.3 is 12.1 Å². The van der Waals surface area contributed by atoms with E-state index in [1.165, 1.54) is 0 Å². The Hall–Kier alpha value is -1.41. The van der Waals surface area contributed by atoms with E-state index in [4.69, 9.17) is 14.6 Å². The van der Waals surface area contributed by atoms with Crippen molar-refractivity contribution >= 4 is 12.1 Å². The lowest BCUT2D eigenvalue weighted by Crippen LogP contribution is -2.47. The van der Waals surface area contributed by atoms with Crippen molar-refractivity contribution in [2.24, 2.45) is 0 Å². The molecule has 0 aliphatic rings. The normalized spacial score (nSPS) is 13.5. The fourth-order valence-corrected chi connectivity index (χ4v) is 1.18. The Bertz CT molecular complexity index is 355. The fraction of sp³-hybridized carbons (Fsp3) is 0.846. The van der Waals surface area contributed by atoms with Crippen LogP contribution in [0.5, 0.6) is 0 Å². The second kappa shape index (κ2) is 8.14. The van der Waals surface area contributed by atoms with Crippen molar-refractivity contribution < 1.29 is 33.0 Å². The maximum atomic E-state index is 12.6. The van der Waals surface area contributed by atoms with E-state index in [0.717, 1.165) is 0 Å². The molecule has 0 aromatic carbocycles. The predicted molar refractivity (Wildman–Crippen MR) is 74.2 cm³/mol. The number of carbonyl (C=O) groups is 2. The Morgan fingerprint density at radius 3 is 2.33 bits per heavy atom. The zero-order chi connectivity index (χ0) is 16.7. The van der Waals surface area contributed by atoms with Gasteiger partial charge in [-0.15, -0.1) is 0 Å². The van der Waals surface area contributed by atoms with Crippen molar-refractivity contribution in [3.8, 4) is 0 Å². The number of likely N-dealkylation sites (N-methyl/N-ethyl adjacent to an activating group) is 1. The van der Waals surface area contributed by atoms with E-state index in [0.29, 0.717) is 0 Å². The van der Waals surface area contributed by atoms with Gasteiger partial charge in [0.25, 0.3) is 0 Å². The Labute approximate surface area is 124 Å². The van der Waals surface area contributed by atoms with Gasteiger partial charge < -0.3 is 19.9 Å². The fourth-order valence-electron chi connectivity index (χ4n) is 1.18. The number of ether oxygens (including phenoxy) is 2. The first-order valence-corrected chi connectivity index (χ1v) is 6.66. The number of alkyl halides is 1. The number of halogens is 1. The number of hydrogen-bond acceptors (Lipinski definition) is 5. The average Bonchev–Trinajstić information content (AvgIpc) is 2.33. The van der Waals surface area contributed by atoms with Crippen molar-refractivity contribution in [2.45, 2.75) is 32.4 Å². The van der Waals surface area contributed by atoms with Gasteiger partial charge in [-0.2, -0.15) is 4.39 Å². The molecule has 1 amide bonds. The van der Waals surface area contributed by atoms with Crippen molar-refractivity contribution in [1.29, 1.82) is 0 Å². The summed E-state index contributed by atoms with van der Waals surface area (Å²) in [6.07, 6.45) is -0.821. The number of aliphatic hydroxyl groups is 1. The summed E-state index contributed by atoms with van der Waals surface area (Å²) in [7, 11) is 3.30. The maximum absolute atomic E-state index is 12.6. The van der Waals surface area contributed by atoms with Gasteiger partial charge in [0.2, 0.25) is 6.80 Å². The lowest BCUT2D eigenvalue weighted by atomic mass is 10.2. The maximum Gasteiger partial charge on any atom is 0.408 e. The number of hydrogen-bond donors (Lipinski definition) is 2. The largest absolute Gasteiger partial charge is 0.458 e. The first kappa shape index (κ1) is 19.6. The highest BCUT2D eigenvalue weighted by Crippen LogP contribution is 2.07. The van der Waals surface area contributed by atoms with Crippen LogP contribution in [0, 0.1) is 0 Å². The van der Waals surface area contributed by atoms with Gasteiger partial charge in [0.15, 0.2) is 6.04 Å². The third-order valence-corrected chi connectivity index (χ3v) is 2.42. The number of nitrogens with zero attached hydrogens (tertiary/aromatic N) is 1. The van der Waals surface area contributed by atoms with Gasteiger partial charge in [0.05, 0.1) is 20.7 Å². The number of amides is 1. The highest BCUT2D eigenvalue weighted by molar-refractivity contribution is 5.81. The topological polar surface area (TPSA) is 84.9 Å². The van der Waals surface area contributed by atoms with Crippen LogP contribution in [-0.2, 0) is 14.3 Å². The number of aliphatic hydroxyl groups excluding tert-OH is 1. The van der Waals surface area contributed by atoms with Crippen LogP contribution < -0.4 is 5.32 Å². The van der Waals surface area contributed by atoms with Gasteiger partial charge in [-0.1, -0.05) is 0 Å². The molecule has 1 atom stereocenters. The molecule has 8 heteroatoms. The van der Waals surface area contributed by atoms with Crippen molar-refractivity contribution in [3.05, 3.63) is 0 Å². The SMILES string of the molecule is CC(C)(C)OC(=O)NC(CO)C(=O)OCC[N+](C)(C)CF. The summed E-state index contributed by atoms with van der Waals surface area (Å²) < 4.78 is 22.5. The second-order valence-electron chi connectivity index (χ2n) is 6.33. The first-order chi connectivity index (χ1) is 9.50. The summed E-state index contributed by atoms with van der Waals surface area (Å²) >= 11 is 0. The molecule has 0 saturated carbocycles. The van der Waals surface area contributed by atoms with Gasteiger partial charge in [-0.25, -0.2) is 9.59 Å². The van der Waals surface area contributed by atoms with E-state index >= 15 is 0 Å². The molecule has 0 radical (unpaired) electrons. The second-order valence-corrected chi connectivity index (χ2v) is 6.33. The van der Waals surface area contributed by atoms with Crippen LogP contribution in [0.4, 0.5) is 9.18 Å². The van der Waals surface area contributed by atoms with Crippen LogP contribution in [0.15, 0.2) is 0 Å². The third kappa shape index (κ3) is 9.19. The van der Waals surface area contributed by atoms with E-state index in [2.05, 4.69) is 5.32 Å². The highest BCUT2D eigenvalue weighted by Gasteiger charge is 2.25. The lowest BCUT2D eigenvalue weighted by molar-refractivity contribution is -0.902. The van der Waals surface area contributed by atoms with Crippen LogP contribution >= 0.6 is 0 Å². The van der Waals surface area contributed by atoms with Gasteiger partial charge in [0.1, 0.15) is 18.8 Å². The van der Waals surface area contributed by atoms with E-state index < -0.39 is 37.1 Å². The molecule has 21 heavy (non-hydrogen) atoms. The van der Waals surface area contributed by atoms with Crippen LogP contribution in [0.2, 0.25) is 0 Å². The molecule has 124 valence electrons. The van der Waals surface area contributed by atoms with E-state index in [-0.39, 0.29) is 17.6 Å². The number of carbonyl (C=O) groups excluding carboxylic acids is 2. The van der Waals surface area contributed by atoms with E-state index in [1.807, 2.05) is 0 Å². The molecule has 0 aliphatic carbocycles. The Morgan fingerprint density at radius 1 is 1.33 bits per heavy atom. The van der Waals surface area contributed by atoms with Gasteiger partial charge in [-0.3, -0.25) is 4.48 Å². The summed E-state index contributed by atoms with van der Waals surface area (Å²) in [5.74, 6) is -0.790. The quantitative estimate of drug-likeness (QED) is 0.404. The summed E-state index contributed by atoms with van der Waals surface area (Å²) in [4.78, 5) is 23.2. The summed E-state index contributed by atoms with van der Waals surface area (Å²) in [6.45, 7) is 4.10. The molecule has 0 aromatic rings. The molecular formula is C13H26FN2O5+. The number of alkyl carbamates (subject to hydrolysis) is 1. The monoisotopic (exact) mass is 309 g/mol. The number of nitrogens with one attached hydrogen (secondary N) is 1. The Balaban J connectivity index is 4.28. The molecule has 0 heterocycles. The smallest absolute Gasteiger partial charge is 0.408 e. The standard InChI is InChI=1S/C13H25FN2O5/c1-13(2,3)21-12(19)15-10(8-17)11(18)20-7-6-16(4,5)9-14/h10,17H,6-9H2,1-5H3/p+1. The van der Waals surface area contributed by atoms with Crippen molar-refractivity contribution in [3.63, 3.8) is 0 Å². The minimum Gasteiger partial charge on any atom is -0.458 e. The van der Waals surface area contributed by atoms with Gasteiger partial charge in [-0.05, 0) is 20.8 Å². The molecule has 7 nitrogen and oxygen atoms in total. The van der Waals surface area contributed by atoms with Crippen LogP contribution in [0.1, 0.15) is 20.8 Å².